The van der Waals surface area contributed by atoms with Crippen molar-refractivity contribution in [2.45, 2.75) is 32.9 Å². The fourth-order valence-electron chi connectivity index (χ4n) is 3.31. The van der Waals surface area contributed by atoms with E-state index in [2.05, 4.69) is 11.1 Å². The van der Waals surface area contributed by atoms with Crippen molar-refractivity contribution in [2.24, 2.45) is 0 Å². The summed E-state index contributed by atoms with van der Waals surface area (Å²) in [5, 5.41) is 9.29. The molecule has 182 valence electrons. The molecule has 2 aromatic heterocycles. The van der Waals surface area contributed by atoms with Crippen LogP contribution in [-0.2, 0) is 21.3 Å². The molecule has 2 heterocycles. The second-order valence-electron chi connectivity index (χ2n) is 9.03. The first-order valence-electron chi connectivity index (χ1n) is 10.9. The average Bonchev–Trinajstić information content (AvgIpc) is 3.23. The Hall–Kier alpha value is -3.90. The van der Waals surface area contributed by atoms with Crippen molar-refractivity contribution in [2.75, 3.05) is 12.8 Å². The highest BCUT2D eigenvalue weighted by atomic mass is 32.2. The fourth-order valence-corrected chi connectivity index (χ4v) is 4.56. The van der Waals surface area contributed by atoms with E-state index in [1.807, 2.05) is 6.07 Å². The highest BCUT2D eigenvalue weighted by Crippen LogP contribution is 2.26. The quantitative estimate of drug-likeness (QED) is 0.474. The van der Waals surface area contributed by atoms with Gasteiger partial charge in [0.15, 0.2) is 0 Å². The lowest BCUT2D eigenvalue weighted by atomic mass is 10.1. The van der Waals surface area contributed by atoms with Crippen molar-refractivity contribution < 1.29 is 17.9 Å². The van der Waals surface area contributed by atoms with Crippen LogP contribution in [0.15, 0.2) is 67.1 Å². The Kier molecular flexibility index (Phi) is 7.77. The van der Waals surface area contributed by atoms with E-state index < -0.39 is 21.7 Å². The largest absolute Gasteiger partial charge is 0.444 e. The predicted octanol–water partition coefficient (Wildman–Crippen LogP) is 4.68. The van der Waals surface area contributed by atoms with E-state index in [9.17, 15) is 18.5 Å². The maximum Gasteiger partial charge on any atom is 0.410 e. The third kappa shape index (κ3) is 7.04. The van der Waals surface area contributed by atoms with E-state index in [0.717, 1.165) is 5.56 Å². The van der Waals surface area contributed by atoms with Gasteiger partial charge < -0.3 is 9.64 Å². The molecule has 0 spiro atoms. The molecule has 0 aliphatic heterocycles. The van der Waals surface area contributed by atoms with E-state index in [-0.39, 0.29) is 12.3 Å². The summed E-state index contributed by atoms with van der Waals surface area (Å²) in [6.07, 6.45) is 7.53. The molecule has 0 aliphatic rings. The first-order valence-corrected chi connectivity index (χ1v) is 12.6. The summed E-state index contributed by atoms with van der Waals surface area (Å²) >= 11 is 0. The molecular formula is C26H28N4O4S. The van der Waals surface area contributed by atoms with Crippen molar-refractivity contribution in [3.8, 4) is 17.3 Å². The van der Waals surface area contributed by atoms with E-state index >= 15 is 0 Å². The number of ether oxygens (including phenoxy) is 1. The number of carbonyl (C=O) groups is 1. The highest BCUT2D eigenvalue weighted by Gasteiger charge is 2.23. The monoisotopic (exact) mass is 492 g/mol. The topological polar surface area (TPSA) is 105 Å². The molecule has 0 atom stereocenters. The number of carbonyl (C=O) groups excluding carboxylic acids is 1. The van der Waals surface area contributed by atoms with E-state index in [0.29, 0.717) is 22.4 Å². The lowest BCUT2D eigenvalue weighted by Gasteiger charge is -2.24. The molecular weight excluding hydrogens is 464 g/mol. The smallest absolute Gasteiger partial charge is 0.410 e. The molecule has 8 nitrogen and oxygen atoms in total. The maximum atomic E-state index is 13.3. The molecule has 1 aromatic carbocycles. The Balaban J connectivity index is 1.95. The van der Waals surface area contributed by atoms with Crippen LogP contribution in [0.1, 0.15) is 37.5 Å². The molecule has 0 bridgehead atoms. The lowest BCUT2D eigenvalue weighted by molar-refractivity contribution is 0.0285. The van der Waals surface area contributed by atoms with Crippen LogP contribution in [-0.4, -0.2) is 46.8 Å². The van der Waals surface area contributed by atoms with Crippen LogP contribution in [0.2, 0.25) is 0 Å². The number of amides is 1. The van der Waals surface area contributed by atoms with Crippen LogP contribution in [0.25, 0.3) is 17.3 Å². The van der Waals surface area contributed by atoms with Gasteiger partial charge in [0.1, 0.15) is 5.60 Å². The normalized spacial score (nSPS) is 11.9. The van der Waals surface area contributed by atoms with Crippen LogP contribution in [0.3, 0.4) is 0 Å². The van der Waals surface area contributed by atoms with Crippen LogP contribution >= 0.6 is 0 Å². The standard InChI is InChI=1S/C26H28N4O4S/c1-26(2,3)34-25(31)29(4)18-22-15-24(23-11-5-8-21(14-23)16-27)30(19-22)35(32,33)13-7-10-20-9-6-12-28-17-20/h5-12,14-15,17,19H,13,18H2,1-4H3. The van der Waals surface area contributed by atoms with Crippen LogP contribution in [0, 0.1) is 11.3 Å². The molecule has 0 radical (unpaired) electrons. The molecule has 0 N–H and O–H groups in total. The Morgan fingerprint density at radius 1 is 1.23 bits per heavy atom. The minimum atomic E-state index is -3.80. The molecule has 35 heavy (non-hydrogen) atoms. The number of hydrogen-bond acceptors (Lipinski definition) is 6. The van der Waals surface area contributed by atoms with Gasteiger partial charge >= 0.3 is 6.09 Å². The number of rotatable bonds is 7. The van der Waals surface area contributed by atoms with Crippen molar-refractivity contribution in [3.05, 3.63) is 83.8 Å². The van der Waals surface area contributed by atoms with Gasteiger partial charge in [0.25, 0.3) is 0 Å². The molecule has 3 rings (SSSR count). The third-order valence-corrected chi connectivity index (χ3v) is 6.37. The maximum absolute atomic E-state index is 13.3. The number of nitrogens with zero attached hydrogens (tertiary/aromatic N) is 4. The van der Waals surface area contributed by atoms with Crippen LogP contribution < -0.4 is 0 Å². The molecule has 0 unspecified atom stereocenters. The van der Waals surface area contributed by atoms with Gasteiger partial charge in [0.05, 0.1) is 29.6 Å². The minimum absolute atomic E-state index is 0.147. The van der Waals surface area contributed by atoms with Crippen molar-refractivity contribution in [3.63, 3.8) is 0 Å². The molecule has 0 saturated heterocycles. The van der Waals surface area contributed by atoms with Crippen molar-refractivity contribution in [1.82, 2.24) is 13.9 Å². The summed E-state index contributed by atoms with van der Waals surface area (Å²) in [5.74, 6) is -0.247. The summed E-state index contributed by atoms with van der Waals surface area (Å²) in [6.45, 7) is 5.48. The summed E-state index contributed by atoms with van der Waals surface area (Å²) in [7, 11) is -2.21. The highest BCUT2D eigenvalue weighted by molar-refractivity contribution is 7.90. The molecule has 0 fully saturated rings. The second-order valence-corrected chi connectivity index (χ2v) is 10.9. The number of aromatic nitrogens is 2. The van der Waals surface area contributed by atoms with Crippen molar-refractivity contribution in [1.29, 1.82) is 5.26 Å². The van der Waals surface area contributed by atoms with Crippen LogP contribution in [0.5, 0.6) is 0 Å². The Morgan fingerprint density at radius 3 is 2.66 bits per heavy atom. The first kappa shape index (κ1) is 25.7. The first-order chi connectivity index (χ1) is 16.5. The second kappa shape index (κ2) is 10.6. The minimum Gasteiger partial charge on any atom is -0.444 e. The molecule has 9 heteroatoms. The number of nitriles is 1. The molecule has 0 aliphatic carbocycles. The lowest BCUT2D eigenvalue weighted by Crippen LogP contribution is -2.33. The summed E-state index contributed by atoms with van der Waals surface area (Å²) in [5.41, 5.74) is 2.15. The summed E-state index contributed by atoms with van der Waals surface area (Å²) < 4.78 is 33.2. The van der Waals surface area contributed by atoms with E-state index in [1.165, 1.54) is 15.1 Å². The van der Waals surface area contributed by atoms with Crippen molar-refractivity contribution >= 4 is 22.2 Å². The SMILES string of the molecule is CN(Cc1cc(-c2cccc(C#N)c2)n(S(=O)(=O)CC=Cc2cccnc2)c1)C(=O)OC(C)(C)C. The third-order valence-electron chi connectivity index (χ3n) is 4.86. The van der Waals surface area contributed by atoms with Gasteiger partial charge in [-0.1, -0.05) is 30.4 Å². The van der Waals surface area contributed by atoms with Gasteiger partial charge in [-0.3, -0.25) is 4.98 Å². The fraction of sp³-hybridized carbons (Fsp3) is 0.269. The molecule has 0 saturated carbocycles. The van der Waals surface area contributed by atoms with Gasteiger partial charge in [-0.15, -0.1) is 0 Å². The van der Waals surface area contributed by atoms with Gasteiger partial charge in [-0.25, -0.2) is 17.2 Å². The Labute approximate surface area is 206 Å². The number of hydrogen-bond donors (Lipinski definition) is 0. The van der Waals surface area contributed by atoms with Gasteiger partial charge in [-0.2, -0.15) is 5.26 Å². The van der Waals surface area contributed by atoms with Gasteiger partial charge in [0.2, 0.25) is 10.0 Å². The van der Waals surface area contributed by atoms with E-state index in [1.54, 1.807) is 88.8 Å². The van der Waals surface area contributed by atoms with Gasteiger partial charge in [0, 0.05) is 31.2 Å². The predicted molar refractivity (Wildman–Crippen MR) is 135 cm³/mol. The zero-order chi connectivity index (χ0) is 25.6. The Bertz CT molecular complexity index is 1360. The average molecular weight is 493 g/mol. The number of pyridine rings is 1. The summed E-state index contributed by atoms with van der Waals surface area (Å²) in [4.78, 5) is 17.8. The summed E-state index contributed by atoms with van der Waals surface area (Å²) in [6, 6.07) is 14.1. The zero-order valence-electron chi connectivity index (χ0n) is 20.2. The zero-order valence-corrected chi connectivity index (χ0v) is 21.0. The van der Waals surface area contributed by atoms with E-state index in [4.69, 9.17) is 4.74 Å². The molecule has 3 aromatic rings. The Morgan fingerprint density at radius 2 is 2.00 bits per heavy atom. The number of benzene rings is 1. The van der Waals surface area contributed by atoms with Crippen LogP contribution in [0.4, 0.5) is 4.79 Å². The molecule has 1 amide bonds. The van der Waals surface area contributed by atoms with Gasteiger partial charge in [-0.05, 0) is 56.2 Å².